The average Bonchev–Trinajstić information content (AvgIpc) is 3.04. The van der Waals surface area contributed by atoms with E-state index in [0.717, 1.165) is 12.2 Å². The second-order valence-corrected chi connectivity index (χ2v) is 5.15. The second kappa shape index (κ2) is 5.07. The maximum atomic E-state index is 12.3. The van der Waals surface area contributed by atoms with Gasteiger partial charge in [0.15, 0.2) is 5.76 Å². The van der Waals surface area contributed by atoms with Gasteiger partial charge in [-0.1, -0.05) is 6.92 Å². The van der Waals surface area contributed by atoms with Crippen LogP contribution in [0.2, 0.25) is 0 Å². The molecule has 1 aliphatic rings. The lowest BCUT2D eigenvalue weighted by Gasteiger charge is -2.21. The number of methoxy groups -OCH3 is 1. The molecule has 1 fully saturated rings. The van der Waals surface area contributed by atoms with E-state index >= 15 is 0 Å². The summed E-state index contributed by atoms with van der Waals surface area (Å²) < 4.78 is 10.2. The Morgan fingerprint density at radius 1 is 1.47 bits per heavy atom. The lowest BCUT2D eigenvalue weighted by atomic mass is 9.90. The summed E-state index contributed by atoms with van der Waals surface area (Å²) >= 11 is 0. The zero-order valence-electron chi connectivity index (χ0n) is 11.6. The number of hydrogen-bond acceptors (Lipinski definition) is 4. The van der Waals surface area contributed by atoms with E-state index in [9.17, 15) is 9.59 Å². The lowest BCUT2D eigenvalue weighted by Crippen LogP contribution is -2.35. The molecule has 2 rings (SSSR count). The van der Waals surface area contributed by atoms with Gasteiger partial charge in [0.25, 0.3) is 5.91 Å². The molecule has 0 bridgehead atoms. The van der Waals surface area contributed by atoms with Crippen molar-refractivity contribution in [1.29, 1.82) is 0 Å². The molecule has 1 saturated heterocycles. The first-order valence-electron chi connectivity index (χ1n) is 6.46. The van der Waals surface area contributed by atoms with Crippen molar-refractivity contribution in [2.45, 2.75) is 26.7 Å². The minimum atomic E-state index is -0.607. The number of esters is 1. The van der Waals surface area contributed by atoms with Crippen LogP contribution in [-0.4, -0.2) is 37.0 Å². The van der Waals surface area contributed by atoms with Crippen LogP contribution >= 0.6 is 0 Å². The Hall–Kier alpha value is -1.78. The molecule has 2 heterocycles. The smallest absolute Gasteiger partial charge is 0.313 e. The molecule has 0 aliphatic carbocycles. The third-order valence-corrected chi connectivity index (χ3v) is 3.66. The fraction of sp³-hybridized carbons (Fsp3) is 0.571. The SMILES string of the molecule is CCc1ccc(C(=O)N2CC[C@](C)(C(=O)OC)C2)o1. The minimum absolute atomic E-state index is 0.160. The first-order valence-corrected chi connectivity index (χ1v) is 6.46. The largest absolute Gasteiger partial charge is 0.469 e. The van der Waals surface area contributed by atoms with Gasteiger partial charge in [-0.3, -0.25) is 9.59 Å². The van der Waals surface area contributed by atoms with Crippen LogP contribution in [0.3, 0.4) is 0 Å². The highest BCUT2D eigenvalue weighted by Gasteiger charge is 2.43. The van der Waals surface area contributed by atoms with Gasteiger partial charge in [0.05, 0.1) is 12.5 Å². The number of amides is 1. The fourth-order valence-electron chi connectivity index (χ4n) is 2.39. The molecule has 1 aliphatic heterocycles. The highest BCUT2D eigenvalue weighted by molar-refractivity contribution is 5.92. The number of hydrogen-bond donors (Lipinski definition) is 0. The number of furan rings is 1. The van der Waals surface area contributed by atoms with Crippen molar-refractivity contribution in [3.8, 4) is 0 Å². The van der Waals surface area contributed by atoms with Gasteiger partial charge in [-0.05, 0) is 25.5 Å². The topological polar surface area (TPSA) is 59.8 Å². The Balaban J connectivity index is 2.08. The summed E-state index contributed by atoms with van der Waals surface area (Å²) in [7, 11) is 1.37. The lowest BCUT2D eigenvalue weighted by molar-refractivity contribution is -0.150. The quantitative estimate of drug-likeness (QED) is 0.783. The molecule has 19 heavy (non-hydrogen) atoms. The van der Waals surface area contributed by atoms with Crippen molar-refractivity contribution in [3.05, 3.63) is 23.7 Å². The van der Waals surface area contributed by atoms with Crippen LogP contribution < -0.4 is 0 Å². The zero-order chi connectivity index (χ0) is 14.0. The molecule has 1 aromatic heterocycles. The van der Waals surface area contributed by atoms with E-state index in [1.54, 1.807) is 11.0 Å². The number of rotatable bonds is 3. The molecule has 5 nitrogen and oxygen atoms in total. The van der Waals surface area contributed by atoms with Crippen LogP contribution in [0.1, 0.15) is 36.6 Å². The van der Waals surface area contributed by atoms with Gasteiger partial charge in [-0.2, -0.15) is 0 Å². The van der Waals surface area contributed by atoms with Gasteiger partial charge in [0.2, 0.25) is 0 Å². The summed E-state index contributed by atoms with van der Waals surface area (Å²) in [4.78, 5) is 25.6. The molecule has 0 radical (unpaired) electrons. The summed E-state index contributed by atoms with van der Waals surface area (Å²) in [5.74, 6) is 0.702. The molecule has 0 aromatic carbocycles. The van der Waals surface area contributed by atoms with Gasteiger partial charge in [0, 0.05) is 19.5 Å². The van der Waals surface area contributed by atoms with Crippen LogP contribution in [0.4, 0.5) is 0 Å². The zero-order valence-corrected chi connectivity index (χ0v) is 11.6. The van der Waals surface area contributed by atoms with Crippen LogP contribution in [0.25, 0.3) is 0 Å². The predicted octanol–water partition coefficient (Wildman–Crippen LogP) is 1.87. The van der Waals surface area contributed by atoms with Crippen LogP contribution in [0.5, 0.6) is 0 Å². The number of likely N-dealkylation sites (tertiary alicyclic amines) is 1. The first kappa shape index (κ1) is 13.6. The second-order valence-electron chi connectivity index (χ2n) is 5.15. The molecule has 1 amide bonds. The molecule has 0 saturated carbocycles. The third-order valence-electron chi connectivity index (χ3n) is 3.66. The van der Waals surface area contributed by atoms with E-state index in [2.05, 4.69) is 0 Å². The van der Waals surface area contributed by atoms with E-state index in [1.807, 2.05) is 19.9 Å². The standard InChI is InChI=1S/C14H19NO4/c1-4-10-5-6-11(19-10)12(16)15-8-7-14(2,9-15)13(17)18-3/h5-6H,4,7-9H2,1-3H3/t14-/m0/s1. The van der Waals surface area contributed by atoms with Gasteiger partial charge >= 0.3 is 5.97 Å². The number of ether oxygens (including phenoxy) is 1. The number of nitrogens with zero attached hydrogens (tertiary/aromatic N) is 1. The number of carbonyl (C=O) groups is 2. The number of carbonyl (C=O) groups excluding carboxylic acids is 2. The molecule has 0 spiro atoms. The summed E-state index contributed by atoms with van der Waals surface area (Å²) in [6.07, 6.45) is 1.37. The normalized spacial score (nSPS) is 22.6. The highest BCUT2D eigenvalue weighted by Crippen LogP contribution is 2.32. The van der Waals surface area contributed by atoms with E-state index in [-0.39, 0.29) is 11.9 Å². The van der Waals surface area contributed by atoms with Gasteiger partial charge in [-0.15, -0.1) is 0 Å². The van der Waals surface area contributed by atoms with E-state index < -0.39 is 5.41 Å². The highest BCUT2D eigenvalue weighted by atomic mass is 16.5. The van der Waals surface area contributed by atoms with Crippen molar-refractivity contribution >= 4 is 11.9 Å². The molecule has 1 aromatic rings. The maximum Gasteiger partial charge on any atom is 0.313 e. The van der Waals surface area contributed by atoms with E-state index in [0.29, 0.717) is 25.3 Å². The Kier molecular flexibility index (Phi) is 3.64. The monoisotopic (exact) mass is 265 g/mol. The average molecular weight is 265 g/mol. The summed E-state index contributed by atoms with van der Waals surface area (Å²) in [5.41, 5.74) is -0.607. The van der Waals surface area contributed by atoms with Crippen molar-refractivity contribution in [2.24, 2.45) is 5.41 Å². The Morgan fingerprint density at radius 3 is 2.79 bits per heavy atom. The molecule has 0 unspecified atom stereocenters. The maximum absolute atomic E-state index is 12.3. The van der Waals surface area contributed by atoms with Crippen molar-refractivity contribution < 1.29 is 18.7 Å². The summed E-state index contributed by atoms with van der Waals surface area (Å²) in [5, 5.41) is 0. The van der Waals surface area contributed by atoms with Crippen molar-refractivity contribution in [1.82, 2.24) is 4.90 Å². The minimum Gasteiger partial charge on any atom is -0.469 e. The number of aryl methyl sites for hydroxylation is 1. The van der Waals surface area contributed by atoms with Crippen LogP contribution in [-0.2, 0) is 16.0 Å². The molecular formula is C14H19NO4. The third kappa shape index (κ3) is 2.50. The predicted molar refractivity (Wildman–Crippen MR) is 68.7 cm³/mol. The molecule has 1 atom stereocenters. The van der Waals surface area contributed by atoms with Gasteiger partial charge < -0.3 is 14.1 Å². The molecule has 104 valence electrons. The fourth-order valence-corrected chi connectivity index (χ4v) is 2.39. The van der Waals surface area contributed by atoms with Crippen LogP contribution in [0, 0.1) is 5.41 Å². The van der Waals surface area contributed by atoms with Crippen molar-refractivity contribution in [3.63, 3.8) is 0 Å². The van der Waals surface area contributed by atoms with Crippen molar-refractivity contribution in [2.75, 3.05) is 20.2 Å². The molecular weight excluding hydrogens is 246 g/mol. The Morgan fingerprint density at radius 2 is 2.21 bits per heavy atom. The van der Waals surface area contributed by atoms with E-state index in [1.165, 1.54) is 7.11 Å². The van der Waals surface area contributed by atoms with Crippen LogP contribution in [0.15, 0.2) is 16.5 Å². The van der Waals surface area contributed by atoms with E-state index in [4.69, 9.17) is 9.15 Å². The summed E-state index contributed by atoms with van der Waals surface area (Å²) in [6, 6.07) is 3.50. The Labute approximate surface area is 112 Å². The van der Waals surface area contributed by atoms with Gasteiger partial charge in [-0.25, -0.2) is 0 Å². The first-order chi connectivity index (χ1) is 9.00. The molecule has 5 heteroatoms. The molecule has 0 N–H and O–H groups in total. The Bertz CT molecular complexity index is 493. The summed E-state index contributed by atoms with van der Waals surface area (Å²) in [6.45, 7) is 4.72. The van der Waals surface area contributed by atoms with Gasteiger partial charge in [0.1, 0.15) is 5.76 Å².